The lowest BCUT2D eigenvalue weighted by Gasteiger charge is -2.63. The van der Waals surface area contributed by atoms with Crippen LogP contribution in [0.2, 0.25) is 0 Å². The van der Waals surface area contributed by atoms with Crippen LogP contribution in [0.3, 0.4) is 0 Å². The Morgan fingerprint density at radius 2 is 1.57 bits per heavy atom. The first-order valence-electron chi connectivity index (χ1n) is 11.2. The lowest BCUT2D eigenvalue weighted by Crippen LogP contribution is -2.75. The normalized spacial score (nSPS) is 23.7. The number of carbonyl (C=O) groups excluding carboxylic acids is 1. The predicted octanol–water partition coefficient (Wildman–Crippen LogP) is 2.54. The summed E-state index contributed by atoms with van der Waals surface area (Å²) in [5.41, 5.74) is -0.139. The van der Waals surface area contributed by atoms with Crippen LogP contribution in [0, 0.1) is 10.8 Å². The summed E-state index contributed by atoms with van der Waals surface area (Å²) in [5, 5.41) is 3.54. The number of hydrogen-bond donors (Lipinski definition) is 0. The van der Waals surface area contributed by atoms with Gasteiger partial charge in [-0.15, -0.1) is 18.3 Å². The van der Waals surface area contributed by atoms with E-state index in [1.807, 2.05) is 4.90 Å². The number of alkyl halides is 6. The minimum atomic E-state index is -4.57. The van der Waals surface area contributed by atoms with Gasteiger partial charge in [0.05, 0.1) is 12.6 Å². The third-order valence-electron chi connectivity index (χ3n) is 7.59. The number of imidazole rings is 1. The fourth-order valence-electron chi connectivity index (χ4n) is 6.06. The number of amides is 2. The molecular formula is C20H22F6N8O. The van der Waals surface area contributed by atoms with Crippen LogP contribution in [0.4, 0.5) is 31.1 Å². The second-order valence-electron chi connectivity index (χ2n) is 10.4. The Bertz CT molecular complexity index is 1130. The molecule has 9 nitrogen and oxygen atoms in total. The van der Waals surface area contributed by atoms with E-state index in [0.717, 1.165) is 18.7 Å². The van der Waals surface area contributed by atoms with Crippen LogP contribution in [0.25, 0.3) is 0 Å². The van der Waals surface area contributed by atoms with E-state index >= 15 is 0 Å². The van der Waals surface area contributed by atoms with Crippen molar-refractivity contribution in [2.75, 3.05) is 39.3 Å². The van der Waals surface area contributed by atoms with Gasteiger partial charge < -0.3 is 9.80 Å². The van der Waals surface area contributed by atoms with Gasteiger partial charge in [-0.2, -0.15) is 13.2 Å². The molecule has 35 heavy (non-hydrogen) atoms. The number of aromatic nitrogens is 5. The molecule has 15 heteroatoms. The van der Waals surface area contributed by atoms with Crippen LogP contribution in [0.1, 0.15) is 30.5 Å². The number of nitrogens with zero attached hydrogens (tertiary/aromatic N) is 8. The zero-order chi connectivity index (χ0) is 24.8. The van der Waals surface area contributed by atoms with Crippen molar-refractivity contribution in [3.63, 3.8) is 0 Å². The zero-order valence-electron chi connectivity index (χ0n) is 18.4. The van der Waals surface area contributed by atoms with E-state index in [1.54, 1.807) is 9.80 Å². The van der Waals surface area contributed by atoms with E-state index in [1.165, 1.54) is 4.68 Å². The summed E-state index contributed by atoms with van der Waals surface area (Å²) in [6.45, 7) is 3.62. The molecule has 6 rings (SSSR count). The maximum Gasteiger partial charge on any atom is 0.489 e. The number of rotatable bonds is 3. The summed E-state index contributed by atoms with van der Waals surface area (Å²) in [4.78, 5) is 25.3. The smallest absolute Gasteiger partial charge is 0.323 e. The molecule has 3 aliphatic heterocycles. The van der Waals surface area contributed by atoms with Crippen molar-refractivity contribution in [1.29, 1.82) is 0 Å². The molecule has 190 valence electrons. The molecule has 2 aromatic heterocycles. The summed E-state index contributed by atoms with van der Waals surface area (Å²) in [6, 6.07) is -0.201. The summed E-state index contributed by atoms with van der Waals surface area (Å²) in [6.07, 6.45) is -4.59. The van der Waals surface area contributed by atoms with Gasteiger partial charge in [0, 0.05) is 62.5 Å². The highest BCUT2D eigenvalue weighted by atomic mass is 19.4. The van der Waals surface area contributed by atoms with Gasteiger partial charge in [-0.3, -0.25) is 4.90 Å². The quantitative estimate of drug-likeness (QED) is 0.601. The monoisotopic (exact) mass is 504 g/mol. The van der Waals surface area contributed by atoms with Gasteiger partial charge in [-0.05, 0) is 12.8 Å². The first kappa shape index (κ1) is 22.6. The van der Waals surface area contributed by atoms with E-state index in [4.69, 9.17) is 0 Å². The fourth-order valence-corrected chi connectivity index (χ4v) is 6.06. The maximum absolute atomic E-state index is 13.0. The summed E-state index contributed by atoms with van der Waals surface area (Å²) < 4.78 is 78.5. The Hall–Kier alpha value is -2.84. The number of likely N-dealkylation sites (tertiary alicyclic amines) is 3. The van der Waals surface area contributed by atoms with Gasteiger partial charge in [-0.1, -0.05) is 0 Å². The Morgan fingerprint density at radius 1 is 0.943 bits per heavy atom. The maximum atomic E-state index is 13.0. The molecular weight excluding hydrogens is 482 g/mol. The SMILES string of the molecule is O=C(N1CC2(CC(n3cnc(C(F)(F)F)n3)C2)C1)N1CC2(CN(Cc3nccn3C(F)(F)F)C2)C1. The second kappa shape index (κ2) is 7.11. The van der Waals surface area contributed by atoms with Crippen molar-refractivity contribution in [3.8, 4) is 0 Å². The zero-order valence-corrected chi connectivity index (χ0v) is 18.4. The molecule has 4 aliphatic rings. The number of urea groups is 1. The number of hydrogen-bond acceptors (Lipinski definition) is 5. The highest BCUT2D eigenvalue weighted by Crippen LogP contribution is 2.54. The lowest BCUT2D eigenvalue weighted by molar-refractivity contribution is -0.207. The van der Waals surface area contributed by atoms with Gasteiger partial charge in [0.15, 0.2) is 0 Å². The molecule has 4 fully saturated rings. The molecule has 0 bridgehead atoms. The average molecular weight is 504 g/mol. The number of halogens is 6. The Kier molecular flexibility index (Phi) is 4.59. The molecule has 0 atom stereocenters. The van der Waals surface area contributed by atoms with Crippen LogP contribution in [0.15, 0.2) is 18.7 Å². The van der Waals surface area contributed by atoms with Gasteiger partial charge in [-0.25, -0.2) is 24.0 Å². The second-order valence-corrected chi connectivity index (χ2v) is 10.4. The molecule has 2 aromatic rings. The van der Waals surface area contributed by atoms with E-state index in [0.29, 0.717) is 52.1 Å². The lowest BCUT2D eigenvalue weighted by atomic mass is 9.60. The fraction of sp³-hybridized carbons (Fsp3) is 0.700. The summed E-state index contributed by atoms with van der Waals surface area (Å²) in [7, 11) is 0. The van der Waals surface area contributed by atoms with Crippen LogP contribution >= 0.6 is 0 Å². The average Bonchev–Trinajstić information content (AvgIpc) is 3.28. The standard InChI is InChI=1S/C20H22F6N8O/c21-19(22,23)15-28-12-34(29-15)13-3-17(4-13)8-31(9-17)16(35)32-10-18(11-32)6-30(7-18)5-14-27-1-2-33(14)20(24,25)26/h1-2,12-13H,3-11H2. The minimum Gasteiger partial charge on any atom is -0.323 e. The largest absolute Gasteiger partial charge is 0.489 e. The first-order chi connectivity index (χ1) is 16.3. The van der Waals surface area contributed by atoms with E-state index in [2.05, 4.69) is 15.1 Å². The molecule has 3 saturated heterocycles. The highest BCUT2D eigenvalue weighted by molar-refractivity contribution is 5.77. The van der Waals surface area contributed by atoms with Crippen molar-refractivity contribution < 1.29 is 31.1 Å². The van der Waals surface area contributed by atoms with E-state index in [9.17, 15) is 31.1 Å². The highest BCUT2D eigenvalue weighted by Gasteiger charge is 2.58. The molecule has 0 aromatic carbocycles. The topological polar surface area (TPSA) is 75.3 Å². The van der Waals surface area contributed by atoms with Crippen molar-refractivity contribution >= 4 is 6.03 Å². The van der Waals surface area contributed by atoms with Crippen molar-refractivity contribution in [1.82, 2.24) is 39.0 Å². The van der Waals surface area contributed by atoms with Gasteiger partial charge >= 0.3 is 18.5 Å². The van der Waals surface area contributed by atoms with Crippen LogP contribution < -0.4 is 0 Å². The molecule has 2 spiro atoms. The molecule has 2 amide bonds. The Morgan fingerprint density at radius 3 is 2.14 bits per heavy atom. The molecule has 0 unspecified atom stereocenters. The minimum absolute atomic E-state index is 0.0511. The molecule has 1 saturated carbocycles. The molecule has 0 N–H and O–H groups in total. The van der Waals surface area contributed by atoms with Crippen LogP contribution in [0.5, 0.6) is 0 Å². The number of carbonyl (C=O) groups is 1. The molecule has 0 radical (unpaired) electrons. The summed E-state index contributed by atoms with van der Waals surface area (Å²) >= 11 is 0. The van der Waals surface area contributed by atoms with Gasteiger partial charge in [0.25, 0.3) is 5.82 Å². The Labute approximate surface area is 195 Å². The van der Waals surface area contributed by atoms with E-state index < -0.39 is 18.3 Å². The predicted molar refractivity (Wildman–Crippen MR) is 106 cm³/mol. The third-order valence-corrected chi connectivity index (χ3v) is 7.59. The van der Waals surface area contributed by atoms with E-state index in [-0.39, 0.29) is 39.8 Å². The van der Waals surface area contributed by atoms with Gasteiger partial charge in [0.1, 0.15) is 12.2 Å². The van der Waals surface area contributed by atoms with Crippen molar-refractivity contribution in [2.24, 2.45) is 10.8 Å². The van der Waals surface area contributed by atoms with Crippen LogP contribution in [-0.2, 0) is 19.0 Å². The third kappa shape index (κ3) is 3.74. The van der Waals surface area contributed by atoms with Crippen LogP contribution in [-0.4, -0.2) is 84.3 Å². The van der Waals surface area contributed by atoms with Gasteiger partial charge in [0.2, 0.25) is 0 Å². The summed E-state index contributed by atoms with van der Waals surface area (Å²) in [5.74, 6) is -1.19. The Balaban J connectivity index is 0.939. The van der Waals surface area contributed by atoms with Crippen molar-refractivity contribution in [3.05, 3.63) is 30.4 Å². The molecule has 5 heterocycles. The first-order valence-corrected chi connectivity index (χ1v) is 11.2. The van der Waals surface area contributed by atoms with Crippen molar-refractivity contribution in [2.45, 2.75) is 37.9 Å². The molecule has 1 aliphatic carbocycles.